The zero-order valence-electron chi connectivity index (χ0n) is 11.4. The molecule has 0 amide bonds. The molecule has 106 valence electrons. The number of rotatable bonds is 7. The maximum Gasteiger partial charge on any atom is 0.142 e. The van der Waals surface area contributed by atoms with Gasteiger partial charge in [0.25, 0.3) is 0 Å². The quantitative estimate of drug-likeness (QED) is 0.549. The number of hydrogen-bond acceptors (Lipinski definition) is 1. The van der Waals surface area contributed by atoms with Crippen LogP contribution in [0.2, 0.25) is 5.02 Å². The average Bonchev–Trinajstić information content (AvgIpc) is 2.34. The highest BCUT2D eigenvalue weighted by molar-refractivity contribution is 6.30. The van der Waals surface area contributed by atoms with Crippen molar-refractivity contribution in [1.82, 2.24) is 5.32 Å². The average molecular weight is 288 g/mol. The molecule has 1 nitrogen and oxygen atoms in total. The summed E-state index contributed by atoms with van der Waals surface area (Å²) in [7, 11) is 0. The third kappa shape index (κ3) is 4.92. The second-order valence-corrected chi connectivity index (χ2v) is 5.20. The van der Waals surface area contributed by atoms with Crippen LogP contribution < -0.4 is 5.32 Å². The molecular formula is C15H20ClF2N. The first-order valence-corrected chi connectivity index (χ1v) is 6.85. The highest BCUT2D eigenvalue weighted by Crippen LogP contribution is 2.27. The molecule has 0 aliphatic heterocycles. The molecule has 1 atom stereocenters. The van der Waals surface area contributed by atoms with E-state index in [1.54, 1.807) is 0 Å². The molecule has 0 saturated heterocycles. The van der Waals surface area contributed by atoms with E-state index in [0.29, 0.717) is 12.0 Å². The van der Waals surface area contributed by atoms with Gasteiger partial charge < -0.3 is 5.32 Å². The van der Waals surface area contributed by atoms with Crippen LogP contribution in [-0.2, 0) is 0 Å². The molecule has 19 heavy (non-hydrogen) atoms. The van der Waals surface area contributed by atoms with Gasteiger partial charge >= 0.3 is 0 Å². The Morgan fingerprint density at radius 2 is 2.05 bits per heavy atom. The van der Waals surface area contributed by atoms with Crippen LogP contribution in [0.5, 0.6) is 0 Å². The van der Waals surface area contributed by atoms with E-state index in [4.69, 9.17) is 11.6 Å². The Kier molecular flexibility index (Phi) is 6.46. The van der Waals surface area contributed by atoms with Gasteiger partial charge in [0.2, 0.25) is 0 Å². The Morgan fingerprint density at radius 1 is 1.37 bits per heavy atom. The van der Waals surface area contributed by atoms with Crippen LogP contribution in [0.1, 0.15) is 44.7 Å². The lowest BCUT2D eigenvalue weighted by molar-refractivity contribution is 0.468. The van der Waals surface area contributed by atoms with E-state index >= 15 is 0 Å². The van der Waals surface area contributed by atoms with Crippen molar-refractivity contribution in [2.45, 2.75) is 39.2 Å². The summed E-state index contributed by atoms with van der Waals surface area (Å²) in [4.78, 5) is 0. The van der Waals surface area contributed by atoms with Crippen molar-refractivity contribution >= 4 is 11.6 Å². The zero-order chi connectivity index (χ0) is 14.4. The van der Waals surface area contributed by atoms with Gasteiger partial charge in [-0.05, 0) is 44.9 Å². The van der Waals surface area contributed by atoms with Crippen LogP contribution in [-0.4, -0.2) is 6.54 Å². The minimum absolute atomic E-state index is 0.185. The zero-order valence-corrected chi connectivity index (χ0v) is 12.2. The Morgan fingerprint density at radius 3 is 2.63 bits per heavy atom. The fraction of sp³-hybridized carbons (Fsp3) is 0.467. The Hall–Kier alpha value is -0.930. The standard InChI is InChI=1S/C15H20ClF2N/c1-4-7-19-15(6-5-10(2)3)11-8-14(18)12(16)9-13(11)17/h8-9,15,19H,2,4-7H2,1,3H3. The van der Waals surface area contributed by atoms with Crippen molar-refractivity contribution in [2.24, 2.45) is 0 Å². The lowest BCUT2D eigenvalue weighted by Crippen LogP contribution is -2.23. The maximum absolute atomic E-state index is 13.9. The van der Waals surface area contributed by atoms with Crippen LogP contribution in [0.25, 0.3) is 0 Å². The normalized spacial score (nSPS) is 12.5. The fourth-order valence-corrected chi connectivity index (χ4v) is 2.03. The molecule has 0 spiro atoms. The number of halogens is 3. The van der Waals surface area contributed by atoms with Crippen LogP contribution in [0.4, 0.5) is 8.78 Å². The van der Waals surface area contributed by atoms with E-state index in [0.717, 1.165) is 31.0 Å². The first-order chi connectivity index (χ1) is 8.95. The lowest BCUT2D eigenvalue weighted by atomic mass is 9.99. The summed E-state index contributed by atoms with van der Waals surface area (Å²) in [5.74, 6) is -1.06. The molecule has 0 aromatic heterocycles. The number of allylic oxidation sites excluding steroid dienone is 1. The molecular weight excluding hydrogens is 268 g/mol. The van der Waals surface area contributed by atoms with Gasteiger partial charge in [0.1, 0.15) is 11.6 Å². The van der Waals surface area contributed by atoms with Crippen LogP contribution in [0.15, 0.2) is 24.3 Å². The molecule has 1 rings (SSSR count). The summed E-state index contributed by atoms with van der Waals surface area (Å²) >= 11 is 5.57. The van der Waals surface area contributed by atoms with Gasteiger partial charge in [0.05, 0.1) is 5.02 Å². The molecule has 0 aliphatic rings. The monoisotopic (exact) mass is 287 g/mol. The molecule has 1 aromatic rings. The summed E-state index contributed by atoms with van der Waals surface area (Å²) < 4.78 is 27.4. The van der Waals surface area contributed by atoms with E-state index in [1.807, 2.05) is 13.8 Å². The van der Waals surface area contributed by atoms with Crippen LogP contribution in [0.3, 0.4) is 0 Å². The molecule has 0 heterocycles. The summed E-state index contributed by atoms with van der Waals surface area (Å²) in [6.07, 6.45) is 2.39. The highest BCUT2D eigenvalue weighted by Gasteiger charge is 2.17. The third-order valence-corrected chi connectivity index (χ3v) is 3.21. The molecule has 0 aliphatic carbocycles. The van der Waals surface area contributed by atoms with Crippen molar-refractivity contribution in [3.63, 3.8) is 0 Å². The molecule has 0 fully saturated rings. The van der Waals surface area contributed by atoms with E-state index in [1.165, 1.54) is 6.07 Å². The molecule has 1 N–H and O–H groups in total. The second-order valence-electron chi connectivity index (χ2n) is 4.79. The lowest BCUT2D eigenvalue weighted by Gasteiger charge is -2.20. The van der Waals surface area contributed by atoms with Crippen molar-refractivity contribution in [1.29, 1.82) is 0 Å². The number of hydrogen-bond donors (Lipinski definition) is 1. The Balaban J connectivity index is 2.95. The molecule has 0 saturated carbocycles. The Bertz CT molecular complexity index is 446. The second kappa shape index (κ2) is 7.61. The van der Waals surface area contributed by atoms with Gasteiger partial charge in [0.15, 0.2) is 0 Å². The van der Waals surface area contributed by atoms with Crippen molar-refractivity contribution in [3.8, 4) is 0 Å². The van der Waals surface area contributed by atoms with Crippen molar-refractivity contribution in [3.05, 3.63) is 46.5 Å². The van der Waals surface area contributed by atoms with Crippen LogP contribution in [0, 0.1) is 11.6 Å². The minimum atomic E-state index is -0.586. The number of benzene rings is 1. The van der Waals surface area contributed by atoms with Crippen LogP contribution >= 0.6 is 11.6 Å². The first kappa shape index (κ1) is 16.1. The summed E-state index contributed by atoms with van der Waals surface area (Å²) in [5, 5.41) is 3.05. The molecule has 0 bridgehead atoms. The smallest absolute Gasteiger partial charge is 0.142 e. The van der Waals surface area contributed by atoms with Crippen molar-refractivity contribution < 1.29 is 8.78 Å². The predicted molar refractivity (Wildman–Crippen MR) is 76.5 cm³/mol. The van der Waals surface area contributed by atoms with E-state index in [2.05, 4.69) is 11.9 Å². The van der Waals surface area contributed by atoms with Gasteiger partial charge in [-0.25, -0.2) is 8.78 Å². The van der Waals surface area contributed by atoms with E-state index in [-0.39, 0.29) is 11.1 Å². The fourth-order valence-electron chi connectivity index (χ4n) is 1.88. The molecule has 1 aromatic carbocycles. The highest BCUT2D eigenvalue weighted by atomic mass is 35.5. The third-order valence-electron chi connectivity index (χ3n) is 2.92. The van der Waals surface area contributed by atoms with E-state index < -0.39 is 11.6 Å². The minimum Gasteiger partial charge on any atom is -0.310 e. The summed E-state index contributed by atoms with van der Waals surface area (Å²) in [6.45, 7) is 8.55. The first-order valence-electron chi connectivity index (χ1n) is 6.48. The van der Waals surface area contributed by atoms with E-state index in [9.17, 15) is 8.78 Å². The Labute approximate surface area is 118 Å². The maximum atomic E-state index is 13.9. The molecule has 4 heteroatoms. The topological polar surface area (TPSA) is 12.0 Å². The number of nitrogens with one attached hydrogen (secondary N) is 1. The van der Waals surface area contributed by atoms with Gasteiger partial charge in [0, 0.05) is 11.6 Å². The van der Waals surface area contributed by atoms with Gasteiger partial charge in [-0.2, -0.15) is 0 Å². The summed E-state index contributed by atoms with van der Waals surface area (Å²) in [5.41, 5.74) is 1.36. The largest absolute Gasteiger partial charge is 0.310 e. The molecule has 0 radical (unpaired) electrons. The SMILES string of the molecule is C=C(C)CCC(NCCC)c1cc(F)c(Cl)cc1F. The van der Waals surface area contributed by atoms with Gasteiger partial charge in [-0.3, -0.25) is 0 Å². The van der Waals surface area contributed by atoms with Gasteiger partial charge in [-0.1, -0.05) is 24.1 Å². The van der Waals surface area contributed by atoms with Crippen molar-refractivity contribution in [2.75, 3.05) is 6.54 Å². The molecule has 1 unspecified atom stereocenters. The summed E-state index contributed by atoms with van der Waals surface area (Å²) in [6, 6.07) is 2.00. The predicted octanol–water partition coefficient (Wildman–Crippen LogP) is 5.02. The van der Waals surface area contributed by atoms with Gasteiger partial charge in [-0.15, -0.1) is 6.58 Å².